The van der Waals surface area contributed by atoms with E-state index in [-0.39, 0.29) is 5.82 Å². The third-order valence-electron chi connectivity index (χ3n) is 5.37. The van der Waals surface area contributed by atoms with Crippen LogP contribution in [0, 0.1) is 0 Å². The molecule has 0 bridgehead atoms. The van der Waals surface area contributed by atoms with E-state index >= 15 is 0 Å². The fraction of sp³-hybridized carbons (Fsp3) is 0.500. The Morgan fingerprint density at radius 1 is 1.16 bits per heavy atom. The zero-order chi connectivity index (χ0) is 17.4. The minimum atomic E-state index is -1.08. The van der Waals surface area contributed by atoms with Crippen LogP contribution in [0.4, 0.5) is 5.95 Å². The normalized spacial score (nSPS) is 21.2. The average molecular weight is 341 g/mol. The highest BCUT2D eigenvalue weighted by atomic mass is 16.4. The lowest BCUT2D eigenvalue weighted by atomic mass is 9.87. The van der Waals surface area contributed by atoms with E-state index in [9.17, 15) is 4.79 Å². The number of benzene rings is 1. The number of carbonyl (C=O) groups is 1. The Morgan fingerprint density at radius 2 is 1.88 bits per heavy atom. The van der Waals surface area contributed by atoms with Crippen LogP contribution in [-0.4, -0.2) is 63.0 Å². The monoisotopic (exact) mass is 341 g/mol. The van der Waals surface area contributed by atoms with Crippen LogP contribution in [-0.2, 0) is 19.9 Å². The Labute approximate surface area is 146 Å². The van der Waals surface area contributed by atoms with E-state index in [2.05, 4.69) is 44.1 Å². The number of hydrogen-bond donors (Lipinski definition) is 1. The van der Waals surface area contributed by atoms with Crippen molar-refractivity contribution < 1.29 is 9.90 Å². The highest BCUT2D eigenvalue weighted by Gasteiger charge is 2.29. The van der Waals surface area contributed by atoms with Gasteiger partial charge in [0.15, 0.2) is 0 Å². The summed E-state index contributed by atoms with van der Waals surface area (Å²) in [4.78, 5) is 19.9. The summed E-state index contributed by atoms with van der Waals surface area (Å²) in [6.45, 7) is 3.65. The molecule has 2 aliphatic rings. The number of rotatable bonds is 3. The molecule has 1 saturated heterocycles. The molecule has 4 rings (SSSR count). The Balaban J connectivity index is 1.40. The summed E-state index contributed by atoms with van der Waals surface area (Å²) in [5.74, 6) is -0.573. The number of nitrogens with zero attached hydrogens (tertiary/aromatic N) is 5. The first-order chi connectivity index (χ1) is 12.1. The smallest absolute Gasteiger partial charge is 0.375 e. The molecule has 1 atom stereocenters. The maximum atomic E-state index is 11.0. The van der Waals surface area contributed by atoms with Gasteiger partial charge in [-0.2, -0.15) is 4.98 Å². The molecule has 1 fully saturated rings. The van der Waals surface area contributed by atoms with E-state index < -0.39 is 5.97 Å². The van der Waals surface area contributed by atoms with Gasteiger partial charge < -0.3 is 10.0 Å². The first kappa shape index (κ1) is 16.1. The second-order valence-electron chi connectivity index (χ2n) is 6.85. The van der Waals surface area contributed by atoms with Gasteiger partial charge in [0.1, 0.15) is 0 Å². The lowest BCUT2D eigenvalue weighted by Crippen LogP contribution is -2.52. The standard InChI is InChI=1S/C18H23N5O2/c1-21-18(19-16(20-21)17(24)25)23-10-8-22(9-11-23)15-7-6-13-4-2-3-5-14(13)12-15/h2-5,15H,6-12H2,1H3,(H,24,25). The zero-order valence-corrected chi connectivity index (χ0v) is 14.4. The Kier molecular flexibility index (Phi) is 4.17. The molecule has 1 aliphatic heterocycles. The fourth-order valence-electron chi connectivity index (χ4n) is 4.02. The van der Waals surface area contributed by atoms with Crippen LogP contribution in [0.15, 0.2) is 24.3 Å². The first-order valence-corrected chi connectivity index (χ1v) is 8.82. The molecule has 1 aromatic carbocycles. The van der Waals surface area contributed by atoms with Gasteiger partial charge in [0, 0.05) is 39.3 Å². The van der Waals surface area contributed by atoms with Crippen LogP contribution in [0.2, 0.25) is 0 Å². The highest BCUT2D eigenvalue weighted by Crippen LogP contribution is 2.25. The summed E-state index contributed by atoms with van der Waals surface area (Å²) in [5, 5.41) is 13.0. The van der Waals surface area contributed by atoms with Crippen LogP contribution < -0.4 is 4.90 Å². The molecular weight excluding hydrogens is 318 g/mol. The molecule has 1 unspecified atom stereocenters. The van der Waals surface area contributed by atoms with Crippen LogP contribution in [0.5, 0.6) is 0 Å². The van der Waals surface area contributed by atoms with Crippen LogP contribution in [0.3, 0.4) is 0 Å². The molecule has 0 radical (unpaired) electrons. The number of hydrogen-bond acceptors (Lipinski definition) is 5. The van der Waals surface area contributed by atoms with E-state index in [4.69, 9.17) is 5.11 Å². The number of piperazine rings is 1. The van der Waals surface area contributed by atoms with Gasteiger partial charge in [-0.25, -0.2) is 9.48 Å². The van der Waals surface area contributed by atoms with Crippen molar-refractivity contribution in [1.29, 1.82) is 0 Å². The molecular formula is C18H23N5O2. The molecule has 7 nitrogen and oxygen atoms in total. The molecule has 0 spiro atoms. The molecule has 132 valence electrons. The molecule has 1 aliphatic carbocycles. The van der Waals surface area contributed by atoms with Crippen molar-refractivity contribution in [2.24, 2.45) is 7.05 Å². The van der Waals surface area contributed by atoms with E-state index in [1.165, 1.54) is 17.5 Å². The van der Waals surface area contributed by atoms with Gasteiger partial charge in [0.25, 0.3) is 5.82 Å². The third-order valence-corrected chi connectivity index (χ3v) is 5.37. The minimum absolute atomic E-state index is 0.135. The summed E-state index contributed by atoms with van der Waals surface area (Å²) in [6.07, 6.45) is 3.50. The first-order valence-electron chi connectivity index (χ1n) is 8.82. The minimum Gasteiger partial charge on any atom is -0.475 e. The summed E-state index contributed by atoms with van der Waals surface area (Å²) < 4.78 is 1.57. The van der Waals surface area contributed by atoms with Gasteiger partial charge in [0.2, 0.25) is 5.95 Å². The van der Waals surface area contributed by atoms with Crippen LogP contribution in [0.25, 0.3) is 0 Å². The molecule has 7 heteroatoms. The Morgan fingerprint density at radius 3 is 2.56 bits per heavy atom. The molecule has 0 amide bonds. The van der Waals surface area contributed by atoms with Crippen molar-refractivity contribution in [2.45, 2.75) is 25.3 Å². The third kappa shape index (κ3) is 3.11. The molecule has 1 aromatic heterocycles. The predicted octanol–water partition coefficient (Wildman–Crippen LogP) is 1.19. The van der Waals surface area contributed by atoms with E-state index in [1.54, 1.807) is 11.7 Å². The summed E-state index contributed by atoms with van der Waals surface area (Å²) >= 11 is 0. The maximum absolute atomic E-state index is 11.0. The molecule has 25 heavy (non-hydrogen) atoms. The number of carboxylic acids is 1. The molecule has 1 N–H and O–H groups in total. The second kappa shape index (κ2) is 6.48. The van der Waals surface area contributed by atoms with Gasteiger partial charge in [0.05, 0.1) is 0 Å². The summed E-state index contributed by atoms with van der Waals surface area (Å²) in [6, 6.07) is 9.37. The average Bonchev–Trinajstić information content (AvgIpc) is 3.03. The van der Waals surface area contributed by atoms with Crippen LogP contribution in [0.1, 0.15) is 28.2 Å². The zero-order valence-electron chi connectivity index (χ0n) is 14.4. The maximum Gasteiger partial charge on any atom is 0.375 e. The van der Waals surface area contributed by atoms with Crippen LogP contribution >= 0.6 is 0 Å². The van der Waals surface area contributed by atoms with Crippen molar-refractivity contribution in [3.05, 3.63) is 41.2 Å². The summed E-state index contributed by atoms with van der Waals surface area (Å²) in [7, 11) is 1.75. The predicted molar refractivity (Wildman–Crippen MR) is 94.0 cm³/mol. The Bertz CT molecular complexity index is 780. The van der Waals surface area contributed by atoms with Gasteiger partial charge >= 0.3 is 5.97 Å². The lowest BCUT2D eigenvalue weighted by Gasteiger charge is -2.41. The number of anilines is 1. The molecule has 2 heterocycles. The van der Waals surface area contributed by atoms with Crippen molar-refractivity contribution in [2.75, 3.05) is 31.1 Å². The number of aromatic nitrogens is 3. The van der Waals surface area contributed by atoms with Crippen molar-refractivity contribution in [1.82, 2.24) is 19.7 Å². The summed E-state index contributed by atoms with van der Waals surface area (Å²) in [5.41, 5.74) is 2.98. The van der Waals surface area contributed by atoms with Gasteiger partial charge in [-0.15, -0.1) is 5.10 Å². The van der Waals surface area contributed by atoms with Gasteiger partial charge in [-0.05, 0) is 30.4 Å². The second-order valence-corrected chi connectivity index (χ2v) is 6.85. The SMILES string of the molecule is Cn1nc(C(=O)O)nc1N1CCN(C2CCc3ccccc3C2)CC1. The van der Waals surface area contributed by atoms with Crippen molar-refractivity contribution in [3.63, 3.8) is 0 Å². The topological polar surface area (TPSA) is 74.5 Å². The van der Waals surface area contributed by atoms with Gasteiger partial charge in [-0.1, -0.05) is 24.3 Å². The Hall–Kier alpha value is -2.41. The number of aromatic carboxylic acids is 1. The van der Waals surface area contributed by atoms with Gasteiger partial charge in [-0.3, -0.25) is 4.90 Å². The van der Waals surface area contributed by atoms with E-state index in [0.29, 0.717) is 12.0 Å². The largest absolute Gasteiger partial charge is 0.475 e. The van der Waals surface area contributed by atoms with Crippen molar-refractivity contribution >= 4 is 11.9 Å². The fourth-order valence-corrected chi connectivity index (χ4v) is 4.02. The molecule has 2 aromatic rings. The lowest BCUT2D eigenvalue weighted by molar-refractivity contribution is 0.0683. The quantitative estimate of drug-likeness (QED) is 0.904. The van der Waals surface area contributed by atoms with E-state index in [0.717, 1.165) is 39.0 Å². The number of fused-ring (bicyclic) bond motifs is 1. The molecule has 0 saturated carbocycles. The number of aryl methyl sites for hydroxylation is 2. The van der Waals surface area contributed by atoms with Crippen molar-refractivity contribution in [3.8, 4) is 0 Å². The number of carboxylic acid groups (broad SMARTS) is 1. The highest BCUT2D eigenvalue weighted by molar-refractivity contribution is 5.83. The van der Waals surface area contributed by atoms with E-state index in [1.807, 2.05) is 0 Å².